The molecular weight excluding hydrogens is 315 g/mol. The summed E-state index contributed by atoms with van der Waals surface area (Å²) in [7, 11) is 0. The van der Waals surface area contributed by atoms with Crippen LogP contribution in [0.25, 0.3) is 11.1 Å². The highest BCUT2D eigenvalue weighted by atomic mass is 19.4. The third kappa shape index (κ3) is 5.38. The fraction of sp³-hybridized carbons (Fsp3) is 0.278. The predicted molar refractivity (Wildman–Crippen MR) is 92.6 cm³/mol. The Morgan fingerprint density at radius 2 is 1.88 bits per heavy atom. The molecule has 1 atom stereocenters. The fourth-order valence-corrected chi connectivity index (χ4v) is 2.24. The molecule has 0 aromatic heterocycles. The van der Waals surface area contributed by atoms with Gasteiger partial charge in [-0.3, -0.25) is 4.99 Å². The van der Waals surface area contributed by atoms with Crippen molar-refractivity contribution in [2.45, 2.75) is 25.6 Å². The molecule has 0 saturated carbocycles. The lowest BCUT2D eigenvalue weighted by Gasteiger charge is -2.14. The van der Waals surface area contributed by atoms with E-state index >= 15 is 0 Å². The van der Waals surface area contributed by atoms with Crippen molar-refractivity contribution in [2.24, 2.45) is 4.99 Å². The van der Waals surface area contributed by atoms with E-state index in [4.69, 9.17) is 5.73 Å². The second-order valence-electron chi connectivity index (χ2n) is 5.43. The first-order chi connectivity index (χ1) is 11.4. The van der Waals surface area contributed by atoms with E-state index in [1.165, 1.54) is 6.21 Å². The van der Waals surface area contributed by atoms with Gasteiger partial charge < -0.3 is 11.1 Å². The Bertz CT molecular complexity index is 682. The maximum absolute atomic E-state index is 12.3. The molecule has 0 aliphatic rings. The monoisotopic (exact) mass is 335 g/mol. The van der Waals surface area contributed by atoms with Gasteiger partial charge >= 0.3 is 6.18 Å². The first-order valence-electron chi connectivity index (χ1n) is 7.68. The second-order valence-corrected chi connectivity index (χ2v) is 5.43. The first kappa shape index (κ1) is 18.0. The highest BCUT2D eigenvalue weighted by Gasteiger charge is 2.27. The number of nitrogen functional groups attached to an aromatic ring is 1. The minimum Gasteiger partial charge on any atom is -0.399 e. The standard InChI is InChI=1S/C18H20F3N3/c1-2-15(24-12-18(19,20)21)11-23-17-10-14(22)8-9-16(17)13-6-4-3-5-7-13/h3-11,15,24H,2,12,22H2,1H3/t15-/m0/s1. The van der Waals surface area contributed by atoms with E-state index in [-0.39, 0.29) is 0 Å². The number of benzene rings is 2. The van der Waals surface area contributed by atoms with Crippen LogP contribution in [0.3, 0.4) is 0 Å². The number of hydrogen-bond acceptors (Lipinski definition) is 3. The van der Waals surface area contributed by atoms with Crippen LogP contribution in [0.15, 0.2) is 53.5 Å². The zero-order chi connectivity index (χ0) is 17.6. The molecule has 2 rings (SSSR count). The number of hydrogen-bond donors (Lipinski definition) is 2. The van der Waals surface area contributed by atoms with Crippen molar-refractivity contribution in [3.05, 3.63) is 48.5 Å². The molecule has 0 aliphatic heterocycles. The number of alkyl halides is 3. The molecule has 0 saturated heterocycles. The highest BCUT2D eigenvalue weighted by Crippen LogP contribution is 2.31. The topological polar surface area (TPSA) is 50.4 Å². The van der Waals surface area contributed by atoms with Crippen LogP contribution in [0, 0.1) is 0 Å². The molecule has 2 aromatic carbocycles. The van der Waals surface area contributed by atoms with Crippen molar-refractivity contribution < 1.29 is 13.2 Å². The molecule has 0 radical (unpaired) electrons. The summed E-state index contributed by atoms with van der Waals surface area (Å²) in [5.41, 5.74) is 8.86. The molecule has 0 aliphatic carbocycles. The van der Waals surface area contributed by atoms with Crippen molar-refractivity contribution in [2.75, 3.05) is 12.3 Å². The van der Waals surface area contributed by atoms with E-state index in [2.05, 4.69) is 10.3 Å². The molecule has 3 N–H and O–H groups in total. The lowest BCUT2D eigenvalue weighted by molar-refractivity contribution is -0.125. The van der Waals surface area contributed by atoms with Crippen LogP contribution in [0.2, 0.25) is 0 Å². The molecule has 6 heteroatoms. The lowest BCUT2D eigenvalue weighted by Crippen LogP contribution is -2.37. The maximum atomic E-state index is 12.3. The van der Waals surface area contributed by atoms with Crippen LogP contribution in [-0.4, -0.2) is 25.0 Å². The summed E-state index contributed by atoms with van der Waals surface area (Å²) in [4.78, 5) is 4.38. The third-order valence-corrected chi connectivity index (χ3v) is 3.50. The van der Waals surface area contributed by atoms with Crippen molar-refractivity contribution in [3.8, 4) is 11.1 Å². The van der Waals surface area contributed by atoms with E-state index in [0.29, 0.717) is 17.8 Å². The molecule has 0 amide bonds. The number of nitrogens with zero attached hydrogens (tertiary/aromatic N) is 1. The van der Waals surface area contributed by atoms with Gasteiger partial charge in [0.05, 0.1) is 12.2 Å². The van der Waals surface area contributed by atoms with Gasteiger partial charge in [0.25, 0.3) is 0 Å². The van der Waals surface area contributed by atoms with E-state index in [1.54, 1.807) is 19.1 Å². The first-order valence-corrected chi connectivity index (χ1v) is 7.68. The second kappa shape index (κ2) is 7.97. The van der Waals surface area contributed by atoms with Gasteiger partial charge in [0.1, 0.15) is 0 Å². The summed E-state index contributed by atoms with van der Waals surface area (Å²) in [6, 6.07) is 14.5. The zero-order valence-electron chi connectivity index (χ0n) is 13.3. The van der Waals surface area contributed by atoms with Gasteiger partial charge in [-0.25, -0.2) is 0 Å². The molecule has 24 heavy (non-hydrogen) atoms. The van der Waals surface area contributed by atoms with Crippen molar-refractivity contribution in [1.82, 2.24) is 5.32 Å². The summed E-state index contributed by atoms with van der Waals surface area (Å²) in [5, 5.41) is 2.45. The Balaban J connectivity index is 2.23. The summed E-state index contributed by atoms with van der Waals surface area (Å²) >= 11 is 0. The van der Waals surface area contributed by atoms with Gasteiger partial charge in [-0.15, -0.1) is 0 Å². The maximum Gasteiger partial charge on any atom is 0.401 e. The molecule has 0 spiro atoms. The summed E-state index contributed by atoms with van der Waals surface area (Å²) in [6.07, 6.45) is -2.23. The average molecular weight is 335 g/mol. The summed E-state index contributed by atoms with van der Waals surface area (Å²) in [5.74, 6) is 0. The lowest BCUT2D eigenvalue weighted by atomic mass is 10.0. The van der Waals surface area contributed by atoms with E-state index in [9.17, 15) is 13.2 Å². The minimum atomic E-state index is -4.24. The predicted octanol–water partition coefficient (Wildman–Crippen LogP) is 4.57. The van der Waals surface area contributed by atoms with E-state index < -0.39 is 18.8 Å². The SMILES string of the molecule is CC[C@@H](C=Nc1cc(N)ccc1-c1ccccc1)NCC(F)(F)F. The number of aliphatic imine (C=N–C) groups is 1. The average Bonchev–Trinajstić information content (AvgIpc) is 2.55. The molecule has 0 fully saturated rings. The van der Waals surface area contributed by atoms with Gasteiger partial charge in [-0.05, 0) is 24.1 Å². The van der Waals surface area contributed by atoms with Crippen LogP contribution in [-0.2, 0) is 0 Å². The Hall–Kier alpha value is -2.34. The van der Waals surface area contributed by atoms with Crippen LogP contribution in [0.4, 0.5) is 24.5 Å². The van der Waals surface area contributed by atoms with Crippen LogP contribution >= 0.6 is 0 Å². The summed E-state index contributed by atoms with van der Waals surface area (Å²) in [6.45, 7) is 0.761. The van der Waals surface area contributed by atoms with Crippen molar-refractivity contribution in [1.29, 1.82) is 0 Å². The van der Waals surface area contributed by atoms with Gasteiger partial charge in [-0.1, -0.05) is 43.3 Å². The number of anilines is 1. The molecule has 0 bridgehead atoms. The van der Waals surface area contributed by atoms with Crippen molar-refractivity contribution >= 4 is 17.6 Å². The quantitative estimate of drug-likeness (QED) is 0.600. The molecule has 3 nitrogen and oxygen atoms in total. The van der Waals surface area contributed by atoms with Gasteiger partial charge in [-0.2, -0.15) is 13.2 Å². The number of nitrogens with one attached hydrogen (secondary N) is 1. The minimum absolute atomic E-state index is 0.461. The number of nitrogens with two attached hydrogens (primary N) is 1. The summed E-state index contributed by atoms with van der Waals surface area (Å²) < 4.78 is 37.0. The molecule has 0 heterocycles. The number of rotatable bonds is 6. The fourth-order valence-electron chi connectivity index (χ4n) is 2.24. The van der Waals surface area contributed by atoms with Gasteiger partial charge in [0.15, 0.2) is 0 Å². The molecule has 0 unspecified atom stereocenters. The normalized spacial score (nSPS) is 13.3. The zero-order valence-corrected chi connectivity index (χ0v) is 13.3. The van der Waals surface area contributed by atoms with Gasteiger partial charge in [0.2, 0.25) is 0 Å². The van der Waals surface area contributed by atoms with Crippen molar-refractivity contribution in [3.63, 3.8) is 0 Å². The smallest absolute Gasteiger partial charge is 0.399 e. The Labute approximate surface area is 139 Å². The number of halogens is 3. The van der Waals surface area contributed by atoms with Gasteiger partial charge in [0, 0.05) is 23.5 Å². The van der Waals surface area contributed by atoms with E-state index in [1.807, 2.05) is 36.4 Å². The van der Waals surface area contributed by atoms with Crippen LogP contribution in [0.1, 0.15) is 13.3 Å². The Morgan fingerprint density at radius 1 is 1.17 bits per heavy atom. The molecule has 128 valence electrons. The largest absolute Gasteiger partial charge is 0.401 e. The molecular formula is C18H20F3N3. The van der Waals surface area contributed by atoms with Crippen LogP contribution < -0.4 is 11.1 Å². The van der Waals surface area contributed by atoms with Crippen LogP contribution in [0.5, 0.6) is 0 Å². The molecule has 2 aromatic rings. The Kier molecular flexibility index (Phi) is 5.98. The third-order valence-electron chi connectivity index (χ3n) is 3.50. The Morgan fingerprint density at radius 3 is 2.50 bits per heavy atom. The van der Waals surface area contributed by atoms with E-state index in [0.717, 1.165) is 11.1 Å². The highest BCUT2D eigenvalue weighted by molar-refractivity contribution is 5.82.